The molecule has 11 heavy (non-hydrogen) atoms. The fourth-order valence-electron chi connectivity index (χ4n) is 1.19. The Morgan fingerprint density at radius 1 is 1.45 bits per heavy atom. The number of aliphatic hydroxyl groups is 1. The molecule has 0 amide bonds. The third-order valence-corrected chi connectivity index (χ3v) is 1.81. The second-order valence-corrected chi connectivity index (χ2v) is 2.92. The number of oxime groups is 1. The van der Waals surface area contributed by atoms with Crippen LogP contribution >= 0.6 is 0 Å². The summed E-state index contributed by atoms with van der Waals surface area (Å²) in [5, 5.41) is 21.3. The van der Waals surface area contributed by atoms with Crippen LogP contribution in [-0.4, -0.2) is 21.6 Å². The molecular formula is C8H17NO2. The Bertz CT molecular complexity index is 141. The summed E-state index contributed by atoms with van der Waals surface area (Å²) < 4.78 is 0. The van der Waals surface area contributed by atoms with Gasteiger partial charge in [0.1, 0.15) is 5.60 Å². The first-order chi connectivity index (χ1) is 5.08. The lowest BCUT2D eigenvalue weighted by Gasteiger charge is -2.22. The van der Waals surface area contributed by atoms with Crippen LogP contribution in [0, 0.1) is 0 Å². The average Bonchev–Trinajstić information content (AvgIpc) is 1.89. The minimum absolute atomic E-state index is 0.458. The van der Waals surface area contributed by atoms with Crippen LogP contribution in [0.5, 0.6) is 0 Å². The maximum atomic E-state index is 9.68. The molecule has 0 aromatic carbocycles. The zero-order valence-corrected chi connectivity index (χ0v) is 7.46. The molecule has 66 valence electrons. The minimum Gasteiger partial charge on any atom is -0.411 e. The molecule has 0 unspecified atom stereocenters. The summed E-state index contributed by atoms with van der Waals surface area (Å²) >= 11 is 0. The summed E-state index contributed by atoms with van der Waals surface area (Å²) in [6.45, 7) is 5.52. The SMILES string of the molecule is CCC[C@@](C)(O)/C(CC)=N/O. The van der Waals surface area contributed by atoms with Crippen molar-refractivity contribution in [3.63, 3.8) is 0 Å². The van der Waals surface area contributed by atoms with Gasteiger partial charge in [-0.1, -0.05) is 25.4 Å². The molecule has 0 spiro atoms. The number of hydrogen-bond donors (Lipinski definition) is 2. The van der Waals surface area contributed by atoms with Crippen LogP contribution in [0.3, 0.4) is 0 Å². The summed E-state index contributed by atoms with van der Waals surface area (Å²) in [5.74, 6) is 0. The quantitative estimate of drug-likeness (QED) is 0.373. The molecular weight excluding hydrogens is 142 g/mol. The lowest BCUT2D eigenvalue weighted by molar-refractivity contribution is 0.114. The third kappa shape index (κ3) is 2.89. The van der Waals surface area contributed by atoms with Crippen molar-refractivity contribution in [2.24, 2.45) is 5.16 Å². The first-order valence-electron chi connectivity index (χ1n) is 4.02. The molecule has 3 nitrogen and oxygen atoms in total. The highest BCUT2D eigenvalue weighted by atomic mass is 16.4. The van der Waals surface area contributed by atoms with E-state index < -0.39 is 5.60 Å². The van der Waals surface area contributed by atoms with Gasteiger partial charge in [0.05, 0.1) is 5.71 Å². The third-order valence-electron chi connectivity index (χ3n) is 1.81. The Morgan fingerprint density at radius 2 is 2.00 bits per heavy atom. The van der Waals surface area contributed by atoms with Crippen LogP contribution in [0.1, 0.15) is 40.0 Å². The van der Waals surface area contributed by atoms with E-state index in [1.165, 1.54) is 0 Å². The predicted molar refractivity (Wildman–Crippen MR) is 45.0 cm³/mol. The normalized spacial score (nSPS) is 18.0. The summed E-state index contributed by atoms with van der Waals surface area (Å²) in [4.78, 5) is 0. The van der Waals surface area contributed by atoms with Gasteiger partial charge in [-0.3, -0.25) is 0 Å². The molecule has 3 heteroatoms. The second-order valence-electron chi connectivity index (χ2n) is 2.92. The van der Waals surface area contributed by atoms with E-state index in [9.17, 15) is 5.11 Å². The Labute approximate surface area is 67.7 Å². The Hall–Kier alpha value is -0.570. The molecule has 0 aliphatic heterocycles. The smallest absolute Gasteiger partial charge is 0.103 e. The van der Waals surface area contributed by atoms with Gasteiger partial charge in [0, 0.05) is 0 Å². The molecule has 0 aliphatic rings. The largest absolute Gasteiger partial charge is 0.411 e. The highest BCUT2D eigenvalue weighted by Gasteiger charge is 2.25. The Morgan fingerprint density at radius 3 is 2.27 bits per heavy atom. The van der Waals surface area contributed by atoms with Crippen molar-refractivity contribution < 1.29 is 10.3 Å². The Kier molecular flexibility index (Phi) is 4.11. The second kappa shape index (κ2) is 4.34. The van der Waals surface area contributed by atoms with Gasteiger partial charge in [-0.05, 0) is 19.8 Å². The molecule has 0 rings (SSSR count). The van der Waals surface area contributed by atoms with E-state index in [1.54, 1.807) is 6.92 Å². The van der Waals surface area contributed by atoms with E-state index in [4.69, 9.17) is 5.21 Å². The van der Waals surface area contributed by atoms with Crippen LogP contribution in [0.15, 0.2) is 5.16 Å². The fraction of sp³-hybridized carbons (Fsp3) is 0.875. The molecule has 0 aromatic heterocycles. The van der Waals surface area contributed by atoms with Crippen LogP contribution in [-0.2, 0) is 0 Å². The highest BCUT2D eigenvalue weighted by molar-refractivity contribution is 5.91. The molecule has 0 fully saturated rings. The van der Waals surface area contributed by atoms with Crippen molar-refractivity contribution in [2.45, 2.75) is 45.6 Å². The molecule has 2 N–H and O–H groups in total. The zero-order valence-electron chi connectivity index (χ0n) is 7.46. The van der Waals surface area contributed by atoms with E-state index in [1.807, 2.05) is 13.8 Å². The average molecular weight is 159 g/mol. The minimum atomic E-state index is -0.932. The number of rotatable bonds is 4. The standard InChI is InChI=1S/C8H17NO2/c1-4-6-8(3,10)7(5-2)9-11/h10-11H,4-6H2,1-3H3/b9-7+/t8-/m1/s1. The molecule has 1 atom stereocenters. The van der Waals surface area contributed by atoms with Gasteiger partial charge in [-0.15, -0.1) is 0 Å². The van der Waals surface area contributed by atoms with E-state index in [-0.39, 0.29) is 0 Å². The van der Waals surface area contributed by atoms with Gasteiger partial charge >= 0.3 is 0 Å². The maximum absolute atomic E-state index is 9.68. The summed E-state index contributed by atoms with van der Waals surface area (Å²) in [6.07, 6.45) is 2.11. The number of nitrogens with zero attached hydrogens (tertiary/aromatic N) is 1. The topological polar surface area (TPSA) is 52.8 Å². The van der Waals surface area contributed by atoms with E-state index in [2.05, 4.69) is 5.16 Å². The molecule has 0 aliphatic carbocycles. The van der Waals surface area contributed by atoms with Gasteiger partial charge in [0.15, 0.2) is 0 Å². The van der Waals surface area contributed by atoms with Gasteiger partial charge in [-0.25, -0.2) is 0 Å². The van der Waals surface area contributed by atoms with Crippen molar-refractivity contribution >= 4 is 5.71 Å². The van der Waals surface area contributed by atoms with Gasteiger partial charge in [0.2, 0.25) is 0 Å². The summed E-state index contributed by atoms with van der Waals surface area (Å²) in [7, 11) is 0. The lowest BCUT2D eigenvalue weighted by atomic mass is 9.93. The molecule has 0 heterocycles. The van der Waals surface area contributed by atoms with E-state index in [0.29, 0.717) is 18.6 Å². The van der Waals surface area contributed by atoms with E-state index in [0.717, 1.165) is 6.42 Å². The van der Waals surface area contributed by atoms with Gasteiger partial charge in [0.25, 0.3) is 0 Å². The van der Waals surface area contributed by atoms with Crippen LogP contribution in [0.2, 0.25) is 0 Å². The number of hydrogen-bond acceptors (Lipinski definition) is 3. The Balaban J connectivity index is 4.25. The van der Waals surface area contributed by atoms with E-state index >= 15 is 0 Å². The molecule has 0 radical (unpaired) electrons. The highest BCUT2D eigenvalue weighted by Crippen LogP contribution is 2.15. The molecule has 0 saturated heterocycles. The maximum Gasteiger partial charge on any atom is 0.103 e. The van der Waals surface area contributed by atoms with Gasteiger partial charge < -0.3 is 10.3 Å². The molecule has 0 bridgehead atoms. The summed E-state index contributed by atoms with van der Waals surface area (Å²) in [5.41, 5.74) is -0.475. The van der Waals surface area contributed by atoms with Crippen molar-refractivity contribution in [1.29, 1.82) is 0 Å². The van der Waals surface area contributed by atoms with Crippen molar-refractivity contribution in [3.8, 4) is 0 Å². The van der Waals surface area contributed by atoms with Crippen molar-refractivity contribution in [2.75, 3.05) is 0 Å². The molecule has 0 aromatic rings. The first kappa shape index (κ1) is 10.4. The monoisotopic (exact) mass is 159 g/mol. The zero-order chi connectivity index (χ0) is 8.91. The van der Waals surface area contributed by atoms with Crippen molar-refractivity contribution in [1.82, 2.24) is 0 Å². The molecule has 0 saturated carbocycles. The van der Waals surface area contributed by atoms with Gasteiger partial charge in [-0.2, -0.15) is 0 Å². The fourth-order valence-corrected chi connectivity index (χ4v) is 1.19. The lowest BCUT2D eigenvalue weighted by Crippen LogP contribution is -2.34. The van der Waals surface area contributed by atoms with Crippen molar-refractivity contribution in [3.05, 3.63) is 0 Å². The predicted octanol–water partition coefficient (Wildman–Crippen LogP) is 1.78. The van der Waals surface area contributed by atoms with Crippen LogP contribution < -0.4 is 0 Å². The van der Waals surface area contributed by atoms with Crippen LogP contribution in [0.4, 0.5) is 0 Å². The first-order valence-corrected chi connectivity index (χ1v) is 4.02. The van der Waals surface area contributed by atoms with Crippen LogP contribution in [0.25, 0.3) is 0 Å². The summed E-state index contributed by atoms with van der Waals surface area (Å²) in [6, 6.07) is 0.